The van der Waals surface area contributed by atoms with Crippen LogP contribution in [0.15, 0.2) is 0 Å². The number of hydrogen-bond acceptors (Lipinski definition) is 3. The van der Waals surface area contributed by atoms with Gasteiger partial charge in [0.2, 0.25) is 0 Å². The summed E-state index contributed by atoms with van der Waals surface area (Å²) in [5, 5.41) is 18.3. The Morgan fingerprint density at radius 1 is 1.44 bits per heavy atom. The first-order chi connectivity index (χ1) is 4.06. The highest BCUT2D eigenvalue weighted by Crippen LogP contribution is 1.49. The number of rotatable bonds is 0. The molecule has 0 unspecified atom stereocenters. The molecule has 0 atom stereocenters. The second-order valence-electron chi connectivity index (χ2n) is 1.17. The zero-order chi connectivity index (χ0) is 7.86. The van der Waals surface area contributed by atoms with E-state index in [4.69, 9.17) is 19.8 Å². The fourth-order valence-corrected chi connectivity index (χ4v) is 0. The highest BCUT2D eigenvalue weighted by atomic mass is 16.4. The van der Waals surface area contributed by atoms with Crippen molar-refractivity contribution in [3.63, 3.8) is 0 Å². The maximum absolute atomic E-state index is 9.04. The van der Waals surface area contributed by atoms with Crippen molar-refractivity contribution in [2.24, 2.45) is 0 Å². The Balaban J connectivity index is 0. The van der Waals surface area contributed by atoms with Gasteiger partial charge in [-0.3, -0.25) is 0 Å². The second kappa shape index (κ2) is 6.90. The van der Waals surface area contributed by atoms with Gasteiger partial charge in [-0.1, -0.05) is 0 Å². The van der Waals surface area contributed by atoms with Crippen LogP contribution in [0, 0.1) is 0 Å². The maximum Gasteiger partial charge on any atom is 0.351 e. The summed E-state index contributed by atoms with van der Waals surface area (Å²) < 4.78 is 0. The molecule has 5 nitrogen and oxygen atoms in total. The number of carboxylic acids is 2. The van der Waals surface area contributed by atoms with Gasteiger partial charge in [-0.2, -0.15) is 0 Å². The summed E-state index contributed by atoms with van der Waals surface area (Å²) in [5.41, 5.74) is 0. The molecule has 0 aliphatic carbocycles. The number of carboxylic acid groups (broad SMARTS) is 2. The molecule has 0 bridgehead atoms. The Bertz CT molecular complexity index is 88.7. The van der Waals surface area contributed by atoms with Gasteiger partial charge in [0, 0.05) is 0 Å². The minimum atomic E-state index is -2.07. The Morgan fingerprint density at radius 3 is 1.56 bits per heavy atom. The molecule has 0 aliphatic rings. The summed E-state index contributed by atoms with van der Waals surface area (Å²) in [6, 6.07) is 0. The lowest BCUT2D eigenvalue weighted by Crippen LogP contribution is -2.74. The van der Waals surface area contributed by atoms with Crippen molar-refractivity contribution in [1.82, 2.24) is 0 Å². The van der Waals surface area contributed by atoms with E-state index in [1.807, 2.05) is 19.4 Å². The maximum atomic E-state index is 9.04. The zero-order valence-corrected chi connectivity index (χ0v) is 5.25. The van der Waals surface area contributed by atoms with Crippen LogP contribution in [0.1, 0.15) is 0 Å². The summed E-state index contributed by atoms with van der Waals surface area (Å²) in [4.78, 5) is 18.0. The summed E-state index contributed by atoms with van der Waals surface area (Å²) in [5.74, 6) is -4.01. The van der Waals surface area contributed by atoms with Gasteiger partial charge in [0.1, 0.15) is 0 Å². The summed E-state index contributed by atoms with van der Waals surface area (Å²) in [6.07, 6.45) is 0. The van der Waals surface area contributed by atoms with E-state index in [2.05, 4.69) is 0 Å². The molecule has 0 fully saturated rings. The van der Waals surface area contributed by atoms with E-state index in [1.165, 1.54) is 0 Å². The SMILES string of the molecule is C[NH2+]C.O=C([O-])C(=O)O. The standard InChI is InChI=1S/C2H7N.C2H2O4/c1-3-2;3-1(4)2(5)6/h3H,1-2H3;(H,3,4)(H,5,6). The van der Waals surface area contributed by atoms with Crippen molar-refractivity contribution >= 4 is 11.9 Å². The molecular weight excluding hydrogens is 126 g/mol. The first-order valence-corrected chi connectivity index (χ1v) is 2.24. The monoisotopic (exact) mass is 135 g/mol. The van der Waals surface area contributed by atoms with Crippen LogP contribution in [0.25, 0.3) is 0 Å². The number of aliphatic carboxylic acids is 2. The smallest absolute Gasteiger partial charge is 0.351 e. The number of quaternary nitrogens is 1. The van der Waals surface area contributed by atoms with Crippen LogP contribution in [-0.4, -0.2) is 31.1 Å². The molecule has 0 aromatic heterocycles. The van der Waals surface area contributed by atoms with Gasteiger partial charge >= 0.3 is 5.97 Å². The quantitative estimate of drug-likeness (QED) is 0.339. The van der Waals surface area contributed by atoms with Crippen molar-refractivity contribution < 1.29 is 25.1 Å². The van der Waals surface area contributed by atoms with E-state index < -0.39 is 11.9 Å². The lowest BCUT2D eigenvalue weighted by molar-refractivity contribution is -0.597. The third-order valence-electron chi connectivity index (χ3n) is 0.175. The van der Waals surface area contributed by atoms with Crippen LogP contribution in [0.2, 0.25) is 0 Å². The van der Waals surface area contributed by atoms with Crippen molar-refractivity contribution in [3.05, 3.63) is 0 Å². The second-order valence-corrected chi connectivity index (χ2v) is 1.17. The highest BCUT2D eigenvalue weighted by molar-refractivity contribution is 6.26. The molecule has 54 valence electrons. The number of carbonyl (C=O) groups excluding carboxylic acids is 1. The van der Waals surface area contributed by atoms with E-state index in [0.717, 1.165) is 0 Å². The largest absolute Gasteiger partial charge is 0.539 e. The Labute approximate surface area is 52.3 Å². The topological polar surface area (TPSA) is 94.0 Å². The van der Waals surface area contributed by atoms with E-state index in [-0.39, 0.29) is 0 Å². The first-order valence-electron chi connectivity index (χ1n) is 2.24. The molecule has 0 rings (SSSR count). The number of nitrogens with two attached hydrogens (primary N) is 1. The molecule has 0 aliphatic heterocycles. The first kappa shape index (κ1) is 10.8. The van der Waals surface area contributed by atoms with Crippen molar-refractivity contribution in [3.8, 4) is 0 Å². The molecule has 0 amide bonds. The molecule has 0 heterocycles. The Kier molecular flexibility index (Phi) is 8.28. The van der Waals surface area contributed by atoms with Crippen LogP contribution in [-0.2, 0) is 9.59 Å². The van der Waals surface area contributed by atoms with Gasteiger partial charge in [0.15, 0.2) is 5.97 Å². The van der Waals surface area contributed by atoms with E-state index >= 15 is 0 Å². The lowest BCUT2D eigenvalue weighted by Gasteiger charge is -1.85. The van der Waals surface area contributed by atoms with Crippen LogP contribution in [0.4, 0.5) is 0 Å². The molecular formula is C4H9NO4. The van der Waals surface area contributed by atoms with Crippen molar-refractivity contribution in [2.45, 2.75) is 0 Å². The predicted molar refractivity (Wildman–Crippen MR) is 26.4 cm³/mol. The van der Waals surface area contributed by atoms with Gasteiger partial charge in [0.25, 0.3) is 0 Å². The van der Waals surface area contributed by atoms with Crippen molar-refractivity contribution in [1.29, 1.82) is 0 Å². The van der Waals surface area contributed by atoms with E-state index in [0.29, 0.717) is 0 Å². The average Bonchev–Trinajstić information content (AvgIpc) is 1.68. The van der Waals surface area contributed by atoms with Gasteiger partial charge < -0.3 is 20.3 Å². The molecule has 5 heteroatoms. The number of carbonyl (C=O) groups is 2. The summed E-state index contributed by atoms with van der Waals surface area (Å²) in [6.45, 7) is 0. The fraction of sp³-hybridized carbons (Fsp3) is 0.500. The van der Waals surface area contributed by atoms with Crippen LogP contribution in [0.5, 0.6) is 0 Å². The number of hydrogen-bond donors (Lipinski definition) is 2. The van der Waals surface area contributed by atoms with Crippen LogP contribution in [0.3, 0.4) is 0 Å². The Morgan fingerprint density at radius 2 is 1.56 bits per heavy atom. The average molecular weight is 135 g/mol. The third-order valence-corrected chi connectivity index (χ3v) is 0.175. The lowest BCUT2D eigenvalue weighted by atomic mass is 10.7. The minimum absolute atomic E-state index is 1.94. The molecule has 3 N–H and O–H groups in total. The van der Waals surface area contributed by atoms with Crippen molar-refractivity contribution in [2.75, 3.05) is 14.1 Å². The zero-order valence-electron chi connectivity index (χ0n) is 5.25. The molecule has 0 spiro atoms. The van der Waals surface area contributed by atoms with Crippen LogP contribution < -0.4 is 10.4 Å². The summed E-state index contributed by atoms with van der Waals surface area (Å²) >= 11 is 0. The molecule has 0 aromatic rings. The van der Waals surface area contributed by atoms with E-state index in [9.17, 15) is 0 Å². The minimum Gasteiger partial charge on any atom is -0.539 e. The molecule has 0 radical (unpaired) electrons. The normalized spacial score (nSPS) is 6.89. The summed E-state index contributed by atoms with van der Waals surface area (Å²) in [7, 11) is 4.00. The van der Waals surface area contributed by atoms with Gasteiger partial charge in [-0.15, -0.1) is 0 Å². The Hall–Kier alpha value is -1.10. The van der Waals surface area contributed by atoms with E-state index in [1.54, 1.807) is 0 Å². The molecule has 0 saturated carbocycles. The highest BCUT2D eigenvalue weighted by Gasteiger charge is 1.90. The van der Waals surface area contributed by atoms with Gasteiger partial charge in [-0.05, 0) is 0 Å². The molecule has 0 aromatic carbocycles. The van der Waals surface area contributed by atoms with Crippen LogP contribution >= 0.6 is 0 Å². The van der Waals surface area contributed by atoms with Gasteiger partial charge in [-0.25, -0.2) is 4.79 Å². The predicted octanol–water partition coefficient (Wildman–Crippen LogP) is -3.37. The molecule has 9 heavy (non-hydrogen) atoms. The fourth-order valence-electron chi connectivity index (χ4n) is 0. The van der Waals surface area contributed by atoms with Gasteiger partial charge in [0.05, 0.1) is 14.1 Å². The molecule has 0 saturated heterocycles. The third kappa shape index (κ3) is 19.7.